The SMILES string of the molecule is CCCCCCCCCCCCCCCCC(=O)OC[C@H](O)CO[C@H]1O[C@H](COC(=O)CCCCCCCCCCCCCCCC)[C@@H](O)[C@H](O[C@H]2O[C@H](CO)[C@@H](O)[C@H](O)[C@@H]2O)[C@@H]1O. The molecule has 0 amide bonds. The Balaban J connectivity index is 1.76. The topological polar surface area (TPSA) is 231 Å². The molecule has 64 heavy (non-hydrogen) atoms. The second kappa shape index (κ2) is 37.5. The first kappa shape index (κ1) is 58.6. The number of unbranched alkanes of at least 4 members (excludes halogenated alkanes) is 26. The van der Waals surface area contributed by atoms with Gasteiger partial charge < -0.3 is 64.2 Å². The molecule has 378 valence electrons. The molecule has 0 saturated carbocycles. The number of carbonyl (C=O) groups is 2. The van der Waals surface area contributed by atoms with Gasteiger partial charge in [0.05, 0.1) is 13.2 Å². The molecule has 0 aromatic heterocycles. The Morgan fingerprint density at radius 1 is 0.469 bits per heavy atom. The van der Waals surface area contributed by atoms with Crippen LogP contribution in [0, 0.1) is 0 Å². The van der Waals surface area contributed by atoms with Gasteiger partial charge in [-0.1, -0.05) is 181 Å². The van der Waals surface area contributed by atoms with Crippen LogP contribution in [0.3, 0.4) is 0 Å². The summed E-state index contributed by atoms with van der Waals surface area (Å²) in [5, 5.41) is 73.8. The molecule has 0 radical (unpaired) electrons. The Morgan fingerprint density at radius 2 is 0.875 bits per heavy atom. The fraction of sp³-hybridized carbons (Fsp3) is 0.959. The van der Waals surface area contributed by atoms with Crippen LogP contribution < -0.4 is 0 Å². The molecule has 2 aliphatic rings. The van der Waals surface area contributed by atoms with Gasteiger partial charge in [0, 0.05) is 12.8 Å². The van der Waals surface area contributed by atoms with Gasteiger partial charge in [0.2, 0.25) is 0 Å². The smallest absolute Gasteiger partial charge is 0.305 e. The van der Waals surface area contributed by atoms with Gasteiger partial charge in [-0.05, 0) is 12.8 Å². The highest BCUT2D eigenvalue weighted by Gasteiger charge is 2.51. The van der Waals surface area contributed by atoms with Crippen LogP contribution in [0.1, 0.15) is 206 Å². The van der Waals surface area contributed by atoms with Crippen LogP contribution in [0.5, 0.6) is 0 Å². The highest BCUT2D eigenvalue weighted by atomic mass is 16.7. The quantitative estimate of drug-likeness (QED) is 0.0247. The second-order valence-electron chi connectivity index (χ2n) is 18.4. The number of aliphatic hydroxyl groups is 7. The van der Waals surface area contributed by atoms with Gasteiger partial charge in [0.15, 0.2) is 12.6 Å². The fourth-order valence-corrected chi connectivity index (χ4v) is 8.36. The van der Waals surface area contributed by atoms with Crippen LogP contribution in [0.25, 0.3) is 0 Å². The van der Waals surface area contributed by atoms with Crippen molar-refractivity contribution in [1.82, 2.24) is 0 Å². The molecule has 15 nitrogen and oxygen atoms in total. The molecular formula is C49H92O15. The molecule has 0 aromatic rings. The highest BCUT2D eigenvalue weighted by Crippen LogP contribution is 2.30. The zero-order chi connectivity index (χ0) is 46.8. The maximum Gasteiger partial charge on any atom is 0.305 e. The second-order valence-corrected chi connectivity index (χ2v) is 18.4. The van der Waals surface area contributed by atoms with E-state index in [1.54, 1.807) is 0 Å². The van der Waals surface area contributed by atoms with Crippen molar-refractivity contribution >= 4 is 11.9 Å². The molecular weight excluding hydrogens is 829 g/mol. The van der Waals surface area contributed by atoms with Gasteiger partial charge >= 0.3 is 11.9 Å². The van der Waals surface area contributed by atoms with Crippen LogP contribution in [0.15, 0.2) is 0 Å². The molecule has 0 unspecified atom stereocenters. The van der Waals surface area contributed by atoms with Crippen molar-refractivity contribution < 1.29 is 73.8 Å². The molecule has 2 saturated heterocycles. The average molecular weight is 921 g/mol. The molecule has 7 N–H and O–H groups in total. The van der Waals surface area contributed by atoms with E-state index < -0.39 is 99.3 Å². The predicted molar refractivity (Wildman–Crippen MR) is 243 cm³/mol. The molecule has 2 aliphatic heterocycles. The van der Waals surface area contributed by atoms with Crippen molar-refractivity contribution in [1.29, 1.82) is 0 Å². The van der Waals surface area contributed by atoms with Crippen molar-refractivity contribution in [2.45, 2.75) is 274 Å². The zero-order valence-corrected chi connectivity index (χ0v) is 39.8. The number of aliphatic hydroxyl groups excluding tert-OH is 7. The van der Waals surface area contributed by atoms with Crippen LogP contribution in [-0.4, -0.2) is 142 Å². The Bertz CT molecular complexity index is 1130. The number of carbonyl (C=O) groups excluding carboxylic acids is 2. The van der Waals surface area contributed by atoms with E-state index in [1.165, 1.54) is 128 Å². The maximum atomic E-state index is 12.7. The summed E-state index contributed by atoms with van der Waals surface area (Å²) in [7, 11) is 0. The average Bonchev–Trinajstić information content (AvgIpc) is 3.29. The van der Waals surface area contributed by atoms with Crippen LogP contribution in [-0.2, 0) is 38.0 Å². The fourth-order valence-electron chi connectivity index (χ4n) is 8.36. The van der Waals surface area contributed by atoms with Crippen molar-refractivity contribution in [2.75, 3.05) is 26.4 Å². The molecule has 2 rings (SSSR count). The molecule has 0 aromatic carbocycles. The van der Waals surface area contributed by atoms with Crippen LogP contribution in [0.2, 0.25) is 0 Å². The molecule has 2 fully saturated rings. The van der Waals surface area contributed by atoms with E-state index in [9.17, 15) is 45.3 Å². The third-order valence-electron chi connectivity index (χ3n) is 12.5. The summed E-state index contributed by atoms with van der Waals surface area (Å²) >= 11 is 0. The first-order chi connectivity index (χ1) is 31.0. The minimum Gasteiger partial charge on any atom is -0.463 e. The Morgan fingerprint density at radius 3 is 1.31 bits per heavy atom. The van der Waals surface area contributed by atoms with Crippen molar-refractivity contribution in [3.8, 4) is 0 Å². The summed E-state index contributed by atoms with van der Waals surface area (Å²) in [5.74, 6) is -0.949. The number of esters is 2. The predicted octanol–water partition coefficient (Wildman–Crippen LogP) is 6.82. The summed E-state index contributed by atoms with van der Waals surface area (Å²) in [6.07, 6.45) is 16.3. The minimum absolute atomic E-state index is 0.165. The summed E-state index contributed by atoms with van der Waals surface area (Å²) in [4.78, 5) is 25.1. The lowest BCUT2D eigenvalue weighted by atomic mass is 9.97. The third-order valence-corrected chi connectivity index (χ3v) is 12.5. The van der Waals surface area contributed by atoms with Gasteiger partial charge in [-0.25, -0.2) is 0 Å². The minimum atomic E-state index is -1.83. The van der Waals surface area contributed by atoms with Gasteiger partial charge in [-0.3, -0.25) is 9.59 Å². The van der Waals surface area contributed by atoms with E-state index in [2.05, 4.69) is 13.8 Å². The van der Waals surface area contributed by atoms with Gasteiger partial charge in [0.1, 0.15) is 68.1 Å². The first-order valence-electron chi connectivity index (χ1n) is 25.6. The Hall–Kier alpha value is -1.50. The Kier molecular flexibility index (Phi) is 34.3. The molecule has 0 aliphatic carbocycles. The number of hydrogen-bond acceptors (Lipinski definition) is 15. The third kappa shape index (κ3) is 25.6. The van der Waals surface area contributed by atoms with E-state index in [-0.39, 0.29) is 19.4 Å². The number of ether oxygens (including phenoxy) is 6. The van der Waals surface area contributed by atoms with Crippen molar-refractivity contribution in [3.63, 3.8) is 0 Å². The maximum absolute atomic E-state index is 12.7. The van der Waals surface area contributed by atoms with E-state index in [1.807, 2.05) is 0 Å². The normalized spacial score (nSPS) is 26.5. The largest absolute Gasteiger partial charge is 0.463 e. The lowest BCUT2D eigenvalue weighted by Gasteiger charge is -2.46. The van der Waals surface area contributed by atoms with Crippen molar-refractivity contribution in [2.24, 2.45) is 0 Å². The van der Waals surface area contributed by atoms with Gasteiger partial charge in [-0.2, -0.15) is 0 Å². The van der Waals surface area contributed by atoms with E-state index in [0.29, 0.717) is 12.8 Å². The zero-order valence-electron chi connectivity index (χ0n) is 39.8. The number of rotatable bonds is 40. The van der Waals surface area contributed by atoms with Crippen molar-refractivity contribution in [3.05, 3.63) is 0 Å². The van der Waals surface area contributed by atoms with E-state index in [4.69, 9.17) is 28.4 Å². The van der Waals surface area contributed by atoms with Gasteiger partial charge in [-0.15, -0.1) is 0 Å². The van der Waals surface area contributed by atoms with Crippen LogP contribution >= 0.6 is 0 Å². The highest BCUT2D eigenvalue weighted by molar-refractivity contribution is 5.69. The molecule has 0 bridgehead atoms. The van der Waals surface area contributed by atoms with E-state index >= 15 is 0 Å². The molecule has 11 atom stereocenters. The Labute approximate surface area is 385 Å². The van der Waals surface area contributed by atoms with Gasteiger partial charge in [0.25, 0.3) is 0 Å². The van der Waals surface area contributed by atoms with Crippen LogP contribution in [0.4, 0.5) is 0 Å². The first-order valence-corrected chi connectivity index (χ1v) is 25.6. The molecule has 0 spiro atoms. The molecule has 2 heterocycles. The molecule has 15 heteroatoms. The summed E-state index contributed by atoms with van der Waals surface area (Å²) < 4.78 is 33.3. The lowest BCUT2D eigenvalue weighted by Crippen LogP contribution is -2.65. The number of hydrogen-bond donors (Lipinski definition) is 7. The summed E-state index contributed by atoms with van der Waals surface area (Å²) in [5.41, 5.74) is 0. The lowest BCUT2D eigenvalue weighted by molar-refractivity contribution is -0.361. The van der Waals surface area contributed by atoms with E-state index in [0.717, 1.165) is 38.5 Å². The summed E-state index contributed by atoms with van der Waals surface area (Å²) in [6.45, 7) is 2.48. The summed E-state index contributed by atoms with van der Waals surface area (Å²) in [6, 6.07) is 0. The standard InChI is InChI=1S/C49H92O15/c1-3-5-7-9-11-13-15-17-19-21-23-25-27-29-31-40(52)59-34-37(51)35-61-48-46(58)47(64-49-45(57)44(56)42(54)38(33-50)62-49)43(55)39(63-48)36-60-41(53)32-30-28-26-24-22-20-18-16-14-12-10-8-6-4-2/h37-39,42-51,54-58H,3-36H2,1-2H3/t37-,38+,39+,42+,43+,44-,45-,46-,47-,48-,49+/m0/s1. The monoisotopic (exact) mass is 921 g/mol.